The fraction of sp³-hybridized carbons (Fsp3) is 0.400. The van der Waals surface area contributed by atoms with Crippen molar-refractivity contribution in [2.24, 2.45) is 0 Å². The Hall–Kier alpha value is -2.19. The molecule has 1 N–H and O–H groups in total. The van der Waals surface area contributed by atoms with Crippen molar-refractivity contribution in [3.05, 3.63) is 24.3 Å². The van der Waals surface area contributed by atoms with Crippen LogP contribution in [-0.4, -0.2) is 37.4 Å². The number of carbonyl (C=O) groups excluding carboxylic acids is 1. The minimum absolute atomic E-state index is 0.0700. The van der Waals surface area contributed by atoms with Crippen LogP contribution in [0, 0.1) is 12.3 Å². The van der Waals surface area contributed by atoms with E-state index >= 15 is 0 Å². The molecule has 5 nitrogen and oxygen atoms in total. The molecule has 0 saturated carbocycles. The normalized spacial score (nSPS) is 10.6. The third kappa shape index (κ3) is 5.21. The highest BCUT2D eigenvalue weighted by molar-refractivity contribution is 5.88. The summed E-state index contributed by atoms with van der Waals surface area (Å²) in [5, 5.41) is 2.73. The van der Waals surface area contributed by atoms with Crippen LogP contribution in [0.25, 0.3) is 0 Å². The van der Waals surface area contributed by atoms with Gasteiger partial charge in [0.2, 0.25) is 0 Å². The Kier molecular flexibility index (Phi) is 5.42. The summed E-state index contributed by atoms with van der Waals surface area (Å²) in [6, 6.07) is 6.82. The lowest BCUT2D eigenvalue weighted by Crippen LogP contribution is -2.27. The second-order valence-electron chi connectivity index (χ2n) is 4.91. The van der Waals surface area contributed by atoms with Crippen molar-refractivity contribution in [3.63, 3.8) is 0 Å². The van der Waals surface area contributed by atoms with Crippen molar-refractivity contribution in [2.75, 3.05) is 26.2 Å². The zero-order chi connectivity index (χ0) is 15.2. The molecule has 0 aliphatic heterocycles. The summed E-state index contributed by atoms with van der Waals surface area (Å²) in [6.07, 6.45) is 5.30. The lowest BCUT2D eigenvalue weighted by atomic mass is 10.2. The van der Waals surface area contributed by atoms with Gasteiger partial charge in [-0.15, -0.1) is 6.42 Å². The Morgan fingerprint density at radius 1 is 1.35 bits per heavy atom. The van der Waals surface area contributed by atoms with Gasteiger partial charge in [-0.25, -0.2) is 4.79 Å². The van der Waals surface area contributed by atoms with E-state index in [1.165, 1.54) is 4.90 Å². The number of nitrogens with one attached hydrogen (secondary N) is 1. The Labute approximate surface area is 119 Å². The maximum absolute atomic E-state index is 11.5. The molecule has 0 saturated heterocycles. The molecule has 0 aromatic heterocycles. The number of carbonyl (C=O) groups is 1. The standard InChI is InChI=1S/C15H20N2O3/c1-6-15(2,3)20-11-19-13-9-7-12(8-10-13)16-14(18)17(4)5/h1,7-10H,11H2,2-5H3,(H,16,18). The zero-order valence-electron chi connectivity index (χ0n) is 12.3. The van der Waals surface area contributed by atoms with Crippen molar-refractivity contribution < 1.29 is 14.3 Å². The van der Waals surface area contributed by atoms with E-state index in [2.05, 4.69) is 11.2 Å². The van der Waals surface area contributed by atoms with Gasteiger partial charge in [0.05, 0.1) is 0 Å². The van der Waals surface area contributed by atoms with Crippen molar-refractivity contribution in [2.45, 2.75) is 19.4 Å². The minimum Gasteiger partial charge on any atom is -0.467 e. The highest BCUT2D eigenvalue weighted by atomic mass is 16.7. The monoisotopic (exact) mass is 276 g/mol. The number of benzene rings is 1. The van der Waals surface area contributed by atoms with E-state index < -0.39 is 5.60 Å². The number of hydrogen-bond donors (Lipinski definition) is 1. The Bertz CT molecular complexity index is 487. The SMILES string of the molecule is C#CC(C)(C)OCOc1ccc(NC(=O)N(C)C)cc1. The number of anilines is 1. The van der Waals surface area contributed by atoms with Crippen LogP contribution in [0.3, 0.4) is 0 Å². The van der Waals surface area contributed by atoms with Gasteiger partial charge in [0.25, 0.3) is 0 Å². The van der Waals surface area contributed by atoms with E-state index in [0.717, 1.165) is 0 Å². The molecule has 2 amide bonds. The fourth-order valence-corrected chi connectivity index (χ4v) is 1.16. The Balaban J connectivity index is 2.47. The third-order valence-corrected chi connectivity index (χ3v) is 2.50. The molecule has 0 atom stereocenters. The van der Waals surface area contributed by atoms with Crippen LogP contribution in [0.2, 0.25) is 0 Å². The average molecular weight is 276 g/mol. The van der Waals surface area contributed by atoms with Crippen molar-refractivity contribution in [1.29, 1.82) is 0 Å². The zero-order valence-corrected chi connectivity index (χ0v) is 12.3. The summed E-state index contributed by atoms with van der Waals surface area (Å²) in [4.78, 5) is 12.9. The van der Waals surface area contributed by atoms with Gasteiger partial charge in [-0.1, -0.05) is 5.92 Å². The number of terminal acetylenes is 1. The number of nitrogens with zero attached hydrogens (tertiary/aromatic N) is 1. The molecule has 0 unspecified atom stereocenters. The molecule has 20 heavy (non-hydrogen) atoms. The van der Waals surface area contributed by atoms with Gasteiger partial charge in [0.1, 0.15) is 11.4 Å². The molecule has 0 heterocycles. The molecule has 0 aliphatic rings. The minimum atomic E-state index is -0.653. The first-order chi connectivity index (χ1) is 9.34. The summed E-state index contributed by atoms with van der Waals surface area (Å²) >= 11 is 0. The number of amides is 2. The second-order valence-corrected chi connectivity index (χ2v) is 4.91. The molecule has 1 rings (SSSR count). The van der Waals surface area contributed by atoms with Crippen LogP contribution in [0.15, 0.2) is 24.3 Å². The van der Waals surface area contributed by atoms with Crippen molar-refractivity contribution >= 4 is 11.7 Å². The van der Waals surface area contributed by atoms with Gasteiger partial charge in [-0.2, -0.15) is 0 Å². The van der Waals surface area contributed by atoms with Gasteiger partial charge in [0.15, 0.2) is 6.79 Å². The fourth-order valence-electron chi connectivity index (χ4n) is 1.16. The second kappa shape index (κ2) is 6.83. The predicted molar refractivity (Wildman–Crippen MR) is 78.6 cm³/mol. The van der Waals surface area contributed by atoms with E-state index in [4.69, 9.17) is 15.9 Å². The van der Waals surface area contributed by atoms with E-state index in [9.17, 15) is 4.79 Å². The van der Waals surface area contributed by atoms with E-state index in [1.54, 1.807) is 52.2 Å². The summed E-state index contributed by atoms with van der Waals surface area (Å²) < 4.78 is 10.8. The number of rotatable bonds is 5. The first-order valence-corrected chi connectivity index (χ1v) is 6.17. The molecule has 0 fully saturated rings. The Morgan fingerprint density at radius 2 is 1.95 bits per heavy atom. The quantitative estimate of drug-likeness (QED) is 0.664. The van der Waals surface area contributed by atoms with E-state index in [0.29, 0.717) is 11.4 Å². The molecule has 1 aromatic rings. The first-order valence-electron chi connectivity index (χ1n) is 6.17. The highest BCUT2D eigenvalue weighted by Gasteiger charge is 2.13. The van der Waals surface area contributed by atoms with Crippen LogP contribution < -0.4 is 10.1 Å². The molecule has 0 bridgehead atoms. The van der Waals surface area contributed by atoms with Gasteiger partial charge < -0.3 is 19.7 Å². The van der Waals surface area contributed by atoms with Crippen LogP contribution in [0.4, 0.5) is 10.5 Å². The van der Waals surface area contributed by atoms with Gasteiger partial charge >= 0.3 is 6.03 Å². The Morgan fingerprint density at radius 3 is 2.45 bits per heavy atom. The molecule has 0 aliphatic carbocycles. The third-order valence-electron chi connectivity index (χ3n) is 2.50. The van der Waals surface area contributed by atoms with Gasteiger partial charge in [-0.05, 0) is 38.1 Å². The van der Waals surface area contributed by atoms with Crippen molar-refractivity contribution in [1.82, 2.24) is 4.90 Å². The van der Waals surface area contributed by atoms with Gasteiger partial charge in [-0.3, -0.25) is 0 Å². The molecular formula is C15H20N2O3. The van der Waals surface area contributed by atoms with Crippen molar-refractivity contribution in [3.8, 4) is 18.1 Å². The summed E-state index contributed by atoms with van der Waals surface area (Å²) in [5.41, 5.74) is 0.0422. The number of urea groups is 1. The molecule has 0 radical (unpaired) electrons. The average Bonchev–Trinajstić information content (AvgIpc) is 2.40. The molecular weight excluding hydrogens is 256 g/mol. The predicted octanol–water partition coefficient (Wildman–Crippen LogP) is 2.54. The first kappa shape index (κ1) is 15.9. The topological polar surface area (TPSA) is 50.8 Å². The number of hydrogen-bond acceptors (Lipinski definition) is 3. The lowest BCUT2D eigenvalue weighted by molar-refractivity contribution is -0.0550. The highest BCUT2D eigenvalue weighted by Crippen LogP contribution is 2.17. The van der Waals surface area contributed by atoms with Crippen LogP contribution in [0.5, 0.6) is 5.75 Å². The molecule has 0 spiro atoms. The summed E-state index contributed by atoms with van der Waals surface area (Å²) in [5.74, 6) is 3.15. The smallest absolute Gasteiger partial charge is 0.321 e. The molecule has 5 heteroatoms. The van der Waals surface area contributed by atoms with E-state index in [1.807, 2.05) is 0 Å². The molecule has 108 valence electrons. The summed E-state index contributed by atoms with van der Waals surface area (Å²) in [7, 11) is 3.36. The summed E-state index contributed by atoms with van der Waals surface area (Å²) in [6.45, 7) is 3.65. The number of ether oxygens (including phenoxy) is 2. The van der Waals surface area contributed by atoms with Gasteiger partial charge in [0, 0.05) is 19.8 Å². The largest absolute Gasteiger partial charge is 0.467 e. The van der Waals surface area contributed by atoms with Crippen LogP contribution in [-0.2, 0) is 4.74 Å². The molecule has 1 aromatic carbocycles. The maximum atomic E-state index is 11.5. The van der Waals surface area contributed by atoms with Crippen LogP contribution in [0.1, 0.15) is 13.8 Å². The van der Waals surface area contributed by atoms with Crippen LogP contribution >= 0.6 is 0 Å². The van der Waals surface area contributed by atoms with E-state index in [-0.39, 0.29) is 12.8 Å². The lowest BCUT2D eigenvalue weighted by Gasteiger charge is -2.18. The maximum Gasteiger partial charge on any atom is 0.321 e.